The maximum absolute atomic E-state index is 5.73. The van der Waals surface area contributed by atoms with Gasteiger partial charge in [-0.1, -0.05) is 24.4 Å². The third kappa shape index (κ3) is 3.04. The molecular formula is C13H15ClN4O. The van der Waals surface area contributed by atoms with E-state index in [1.54, 1.807) is 12.3 Å². The Balaban J connectivity index is 1.70. The highest BCUT2D eigenvalue weighted by atomic mass is 35.5. The lowest BCUT2D eigenvalue weighted by Crippen LogP contribution is -2.04. The Labute approximate surface area is 116 Å². The number of anilines is 2. The second-order valence-corrected chi connectivity index (χ2v) is 5.12. The Morgan fingerprint density at radius 2 is 2.11 bits per heavy atom. The maximum Gasteiger partial charge on any atom is 0.230 e. The van der Waals surface area contributed by atoms with Crippen molar-refractivity contribution in [3.05, 3.63) is 29.3 Å². The summed E-state index contributed by atoms with van der Waals surface area (Å²) >= 11 is 5.73. The van der Waals surface area contributed by atoms with E-state index in [0.29, 0.717) is 17.6 Å². The fourth-order valence-electron chi connectivity index (χ4n) is 2.47. The molecule has 19 heavy (non-hydrogen) atoms. The molecule has 0 spiro atoms. The lowest BCUT2D eigenvalue weighted by Gasteiger charge is -2.18. The maximum atomic E-state index is 5.73. The largest absolute Gasteiger partial charge is 0.338 e. The fourth-order valence-corrected chi connectivity index (χ4v) is 2.62. The highest BCUT2D eigenvalue weighted by molar-refractivity contribution is 6.28. The van der Waals surface area contributed by atoms with Gasteiger partial charge in [-0.3, -0.25) is 0 Å². The summed E-state index contributed by atoms with van der Waals surface area (Å²) in [5.41, 5.74) is 1.03. The van der Waals surface area contributed by atoms with Crippen LogP contribution in [-0.2, 0) is 0 Å². The highest BCUT2D eigenvalue weighted by Gasteiger charge is 2.19. The molecule has 0 bridgehead atoms. The van der Waals surface area contributed by atoms with E-state index in [4.69, 9.17) is 16.1 Å². The van der Waals surface area contributed by atoms with Gasteiger partial charge in [0.1, 0.15) is 5.82 Å². The van der Waals surface area contributed by atoms with Crippen molar-refractivity contribution in [1.82, 2.24) is 15.1 Å². The second-order valence-electron chi connectivity index (χ2n) is 4.79. The molecule has 0 radical (unpaired) electrons. The Kier molecular flexibility index (Phi) is 3.64. The molecule has 0 aromatic carbocycles. The zero-order valence-electron chi connectivity index (χ0n) is 10.5. The van der Waals surface area contributed by atoms with E-state index < -0.39 is 0 Å². The van der Waals surface area contributed by atoms with Crippen LogP contribution < -0.4 is 5.32 Å². The summed E-state index contributed by atoms with van der Waals surface area (Å²) in [6.45, 7) is 0. The van der Waals surface area contributed by atoms with E-state index >= 15 is 0 Å². The van der Waals surface area contributed by atoms with E-state index in [2.05, 4.69) is 20.4 Å². The van der Waals surface area contributed by atoms with Gasteiger partial charge in [0, 0.05) is 18.2 Å². The number of aromatic nitrogens is 3. The van der Waals surface area contributed by atoms with Gasteiger partial charge in [-0.15, -0.1) is 0 Å². The quantitative estimate of drug-likeness (QED) is 0.863. The number of nitrogens with one attached hydrogen (secondary N) is 1. The molecule has 1 aliphatic rings. The van der Waals surface area contributed by atoms with E-state index in [9.17, 15) is 0 Å². The average Bonchev–Trinajstić information content (AvgIpc) is 2.88. The molecule has 0 amide bonds. The first-order valence-electron chi connectivity index (χ1n) is 6.53. The van der Waals surface area contributed by atoms with Gasteiger partial charge in [0.15, 0.2) is 0 Å². The van der Waals surface area contributed by atoms with Gasteiger partial charge in [0.25, 0.3) is 0 Å². The minimum Gasteiger partial charge on any atom is -0.338 e. The van der Waals surface area contributed by atoms with Crippen LogP contribution in [0.25, 0.3) is 0 Å². The van der Waals surface area contributed by atoms with Crippen molar-refractivity contribution in [2.24, 2.45) is 0 Å². The molecule has 0 aliphatic heterocycles. The first-order chi connectivity index (χ1) is 9.31. The summed E-state index contributed by atoms with van der Waals surface area (Å²) in [4.78, 5) is 7.87. The molecule has 1 saturated carbocycles. The van der Waals surface area contributed by atoms with Gasteiger partial charge in [-0.05, 0) is 30.5 Å². The molecule has 3 rings (SSSR count). The molecule has 2 aromatic heterocycles. The third-order valence-corrected chi connectivity index (χ3v) is 3.61. The van der Waals surface area contributed by atoms with Gasteiger partial charge >= 0.3 is 0 Å². The topological polar surface area (TPSA) is 63.8 Å². The molecule has 1 fully saturated rings. The Morgan fingerprint density at radius 3 is 2.89 bits per heavy atom. The second kappa shape index (κ2) is 5.57. The van der Waals surface area contributed by atoms with Gasteiger partial charge in [0.05, 0.1) is 5.69 Å². The van der Waals surface area contributed by atoms with Gasteiger partial charge < -0.3 is 9.84 Å². The van der Waals surface area contributed by atoms with Crippen LogP contribution in [-0.4, -0.2) is 15.1 Å². The number of nitrogens with zero attached hydrogens (tertiary/aromatic N) is 3. The molecule has 0 atom stereocenters. The molecule has 100 valence electrons. The van der Waals surface area contributed by atoms with Crippen LogP contribution in [0.2, 0.25) is 5.28 Å². The molecule has 1 aliphatic carbocycles. The molecule has 1 N–H and O–H groups in total. The third-order valence-electron chi connectivity index (χ3n) is 3.43. The Hall–Kier alpha value is -1.62. The normalized spacial score (nSPS) is 16.5. The molecule has 2 heterocycles. The van der Waals surface area contributed by atoms with Crippen molar-refractivity contribution in [2.75, 3.05) is 5.32 Å². The van der Waals surface area contributed by atoms with Crippen LogP contribution in [0.3, 0.4) is 0 Å². The molecule has 6 heteroatoms. The van der Waals surface area contributed by atoms with Crippen LogP contribution in [0, 0.1) is 0 Å². The standard InChI is InChI=1S/C13H15ClN4O/c14-13-15-7-6-11(17-13)16-12-8-10(18-19-12)9-4-2-1-3-5-9/h6-9H,1-5H2,(H,15,16,17). The number of halogens is 1. The van der Waals surface area contributed by atoms with Crippen molar-refractivity contribution >= 4 is 23.3 Å². The minimum atomic E-state index is 0.206. The first kappa shape index (κ1) is 12.4. The van der Waals surface area contributed by atoms with Gasteiger partial charge in [0.2, 0.25) is 11.2 Å². The van der Waals surface area contributed by atoms with Crippen molar-refractivity contribution in [3.8, 4) is 0 Å². The molecular weight excluding hydrogens is 264 g/mol. The van der Waals surface area contributed by atoms with Crippen molar-refractivity contribution in [1.29, 1.82) is 0 Å². The average molecular weight is 279 g/mol. The lowest BCUT2D eigenvalue weighted by molar-refractivity contribution is 0.387. The minimum absolute atomic E-state index is 0.206. The smallest absolute Gasteiger partial charge is 0.230 e. The van der Waals surface area contributed by atoms with Crippen LogP contribution in [0.4, 0.5) is 11.7 Å². The van der Waals surface area contributed by atoms with Crippen LogP contribution >= 0.6 is 11.6 Å². The first-order valence-corrected chi connectivity index (χ1v) is 6.91. The summed E-state index contributed by atoms with van der Waals surface area (Å²) in [5.74, 6) is 1.73. The number of rotatable bonds is 3. The SMILES string of the molecule is Clc1nccc(Nc2cc(C3CCCCC3)no2)n1. The predicted molar refractivity (Wildman–Crippen MR) is 72.7 cm³/mol. The summed E-state index contributed by atoms with van der Waals surface area (Å²) < 4.78 is 5.30. The van der Waals surface area contributed by atoms with E-state index in [0.717, 1.165) is 5.69 Å². The molecule has 5 nitrogen and oxygen atoms in total. The monoisotopic (exact) mass is 278 g/mol. The number of hydrogen-bond donors (Lipinski definition) is 1. The van der Waals surface area contributed by atoms with Crippen LogP contribution in [0.1, 0.15) is 43.7 Å². The lowest BCUT2D eigenvalue weighted by atomic mass is 9.87. The highest BCUT2D eigenvalue weighted by Crippen LogP contribution is 2.33. The van der Waals surface area contributed by atoms with Crippen LogP contribution in [0.5, 0.6) is 0 Å². The zero-order chi connectivity index (χ0) is 13.1. The predicted octanol–water partition coefficient (Wildman–Crippen LogP) is 3.91. The molecule has 0 unspecified atom stereocenters. The van der Waals surface area contributed by atoms with Gasteiger partial charge in [-0.2, -0.15) is 0 Å². The number of hydrogen-bond acceptors (Lipinski definition) is 5. The molecule has 2 aromatic rings. The van der Waals surface area contributed by atoms with Gasteiger partial charge in [-0.25, -0.2) is 9.97 Å². The van der Waals surface area contributed by atoms with E-state index in [1.165, 1.54) is 32.1 Å². The summed E-state index contributed by atoms with van der Waals surface area (Å²) in [5, 5.41) is 7.39. The van der Waals surface area contributed by atoms with E-state index in [-0.39, 0.29) is 5.28 Å². The zero-order valence-corrected chi connectivity index (χ0v) is 11.2. The summed E-state index contributed by atoms with van der Waals surface area (Å²) in [6.07, 6.45) is 7.88. The Bertz CT molecular complexity index is 551. The molecule has 0 saturated heterocycles. The Morgan fingerprint density at radius 1 is 1.26 bits per heavy atom. The van der Waals surface area contributed by atoms with E-state index in [1.807, 2.05) is 6.07 Å². The van der Waals surface area contributed by atoms with Crippen molar-refractivity contribution in [2.45, 2.75) is 38.0 Å². The fraction of sp³-hybridized carbons (Fsp3) is 0.462. The van der Waals surface area contributed by atoms with Crippen molar-refractivity contribution < 1.29 is 4.52 Å². The summed E-state index contributed by atoms with van der Waals surface area (Å²) in [6, 6.07) is 3.68. The van der Waals surface area contributed by atoms with Crippen LogP contribution in [0.15, 0.2) is 22.9 Å². The van der Waals surface area contributed by atoms with Crippen molar-refractivity contribution in [3.63, 3.8) is 0 Å². The summed E-state index contributed by atoms with van der Waals surface area (Å²) in [7, 11) is 0.